The molecule has 0 radical (unpaired) electrons. The van der Waals surface area contributed by atoms with E-state index in [4.69, 9.17) is 0 Å². The van der Waals surface area contributed by atoms with Gasteiger partial charge in [-0.3, -0.25) is 4.79 Å². The highest BCUT2D eigenvalue weighted by Crippen LogP contribution is 2.09. The maximum absolute atomic E-state index is 11.9. The molecule has 0 spiro atoms. The molecule has 2 aromatic carbocycles. The average molecular weight is 419 g/mol. The number of benzene rings is 2. The summed E-state index contributed by atoms with van der Waals surface area (Å²) in [4.78, 5) is 16.5. The molecule has 162 valence electrons. The highest BCUT2D eigenvalue weighted by Gasteiger charge is 2.04. The molecule has 0 aliphatic rings. The molecule has 0 aliphatic heterocycles. The Morgan fingerprint density at radius 2 is 1.65 bits per heavy atom. The molecule has 1 heterocycles. The number of hydrogen-bond acceptors (Lipinski definition) is 3. The number of nitrogens with zero attached hydrogens (tertiary/aromatic N) is 3. The number of amides is 1. The van der Waals surface area contributed by atoms with Gasteiger partial charge in [-0.05, 0) is 61.7 Å². The smallest absolute Gasteiger partial charge is 0.251 e. The van der Waals surface area contributed by atoms with Crippen molar-refractivity contribution in [3.63, 3.8) is 0 Å². The lowest BCUT2D eigenvalue weighted by Crippen LogP contribution is -2.38. The number of guanidine groups is 1. The van der Waals surface area contributed by atoms with Gasteiger partial charge in [0.25, 0.3) is 5.91 Å². The van der Waals surface area contributed by atoms with E-state index in [1.54, 1.807) is 6.20 Å². The molecule has 0 saturated carbocycles. The lowest BCUT2D eigenvalue weighted by molar-refractivity contribution is 0.0956. The van der Waals surface area contributed by atoms with Crippen LogP contribution in [-0.4, -0.2) is 41.3 Å². The molecule has 0 fully saturated rings. The van der Waals surface area contributed by atoms with Crippen LogP contribution >= 0.6 is 0 Å². The van der Waals surface area contributed by atoms with Gasteiger partial charge in [0.05, 0.1) is 12.2 Å². The van der Waals surface area contributed by atoms with Crippen molar-refractivity contribution in [2.75, 3.05) is 19.6 Å². The van der Waals surface area contributed by atoms with Gasteiger partial charge in [-0.1, -0.05) is 24.3 Å². The highest BCUT2D eigenvalue weighted by atomic mass is 16.1. The quantitative estimate of drug-likeness (QED) is 0.369. The minimum atomic E-state index is -0.0507. The summed E-state index contributed by atoms with van der Waals surface area (Å²) >= 11 is 0. The highest BCUT2D eigenvalue weighted by molar-refractivity contribution is 5.94. The number of aliphatic imine (C=N–C) groups is 1. The molecule has 7 heteroatoms. The monoisotopic (exact) mass is 418 g/mol. The normalized spacial score (nSPS) is 11.2. The fourth-order valence-corrected chi connectivity index (χ4v) is 3.10. The molecule has 1 aromatic heterocycles. The maximum atomic E-state index is 11.9. The van der Waals surface area contributed by atoms with Crippen LogP contribution in [0.3, 0.4) is 0 Å². The maximum Gasteiger partial charge on any atom is 0.251 e. The lowest BCUT2D eigenvalue weighted by Gasteiger charge is -2.12. The third-order valence-corrected chi connectivity index (χ3v) is 4.73. The van der Waals surface area contributed by atoms with E-state index >= 15 is 0 Å². The molecule has 1 amide bonds. The van der Waals surface area contributed by atoms with Crippen molar-refractivity contribution in [1.82, 2.24) is 25.7 Å². The number of nitrogens with one attached hydrogen (secondary N) is 3. The molecule has 0 bridgehead atoms. The van der Waals surface area contributed by atoms with E-state index < -0.39 is 0 Å². The van der Waals surface area contributed by atoms with E-state index in [-0.39, 0.29) is 5.91 Å². The summed E-state index contributed by atoms with van der Waals surface area (Å²) in [5.74, 6) is 0.730. The van der Waals surface area contributed by atoms with Gasteiger partial charge < -0.3 is 16.0 Å². The number of hydrogen-bond donors (Lipinski definition) is 3. The first kappa shape index (κ1) is 22.1. The first-order chi connectivity index (χ1) is 15.2. The van der Waals surface area contributed by atoms with Gasteiger partial charge in [0, 0.05) is 37.6 Å². The van der Waals surface area contributed by atoms with Crippen molar-refractivity contribution in [3.8, 4) is 5.69 Å². The standard InChI is InChI=1S/C24H30N6O/c1-3-25-23(31)21-10-6-20(7-11-21)18-28-24(26-4-2)27-16-14-19-8-12-22(13-9-19)30-17-5-15-29-30/h5-13,15,17H,3-4,14,16,18H2,1-2H3,(H,25,31)(H2,26,27,28). The second kappa shape index (κ2) is 11.5. The molecule has 0 atom stereocenters. The first-order valence-electron chi connectivity index (χ1n) is 10.7. The minimum absolute atomic E-state index is 0.0507. The molecule has 0 unspecified atom stereocenters. The van der Waals surface area contributed by atoms with Crippen LogP contribution in [0.1, 0.15) is 35.3 Å². The van der Waals surface area contributed by atoms with Gasteiger partial charge in [-0.2, -0.15) is 5.10 Å². The summed E-state index contributed by atoms with van der Waals surface area (Å²) in [7, 11) is 0. The summed E-state index contributed by atoms with van der Waals surface area (Å²) < 4.78 is 1.85. The van der Waals surface area contributed by atoms with Gasteiger partial charge in [0.15, 0.2) is 5.96 Å². The Morgan fingerprint density at radius 3 is 2.29 bits per heavy atom. The van der Waals surface area contributed by atoms with Crippen LogP contribution in [0.25, 0.3) is 5.69 Å². The fraction of sp³-hybridized carbons (Fsp3) is 0.292. The molecular weight excluding hydrogens is 388 g/mol. The zero-order valence-electron chi connectivity index (χ0n) is 18.1. The van der Waals surface area contributed by atoms with Crippen LogP contribution in [0.15, 0.2) is 72.0 Å². The summed E-state index contributed by atoms with van der Waals surface area (Å²) in [6.45, 7) is 6.70. The third kappa shape index (κ3) is 6.70. The molecule has 0 aliphatic carbocycles. The first-order valence-corrected chi connectivity index (χ1v) is 10.7. The Balaban J connectivity index is 1.51. The van der Waals surface area contributed by atoms with Gasteiger partial charge in [-0.15, -0.1) is 0 Å². The van der Waals surface area contributed by atoms with Crippen molar-refractivity contribution < 1.29 is 4.79 Å². The molecule has 3 rings (SSSR count). The Bertz CT molecular complexity index is 962. The predicted molar refractivity (Wildman–Crippen MR) is 125 cm³/mol. The van der Waals surface area contributed by atoms with E-state index in [1.807, 2.05) is 55.1 Å². The lowest BCUT2D eigenvalue weighted by atomic mass is 10.1. The topological polar surface area (TPSA) is 83.3 Å². The largest absolute Gasteiger partial charge is 0.357 e. The second-order valence-electron chi connectivity index (χ2n) is 7.05. The zero-order valence-corrected chi connectivity index (χ0v) is 18.1. The van der Waals surface area contributed by atoms with E-state index in [1.165, 1.54) is 5.56 Å². The van der Waals surface area contributed by atoms with Crippen LogP contribution in [0, 0.1) is 0 Å². The fourth-order valence-electron chi connectivity index (χ4n) is 3.10. The number of carbonyl (C=O) groups is 1. The van der Waals surface area contributed by atoms with Crippen molar-refractivity contribution in [2.24, 2.45) is 4.99 Å². The Hall–Kier alpha value is -3.61. The van der Waals surface area contributed by atoms with Crippen molar-refractivity contribution in [3.05, 3.63) is 83.7 Å². The number of rotatable bonds is 9. The predicted octanol–water partition coefficient (Wildman–Crippen LogP) is 2.92. The van der Waals surface area contributed by atoms with Gasteiger partial charge in [-0.25, -0.2) is 9.67 Å². The SMILES string of the molecule is CCNC(=O)c1ccc(CN=C(NCC)NCCc2ccc(-n3cccn3)cc2)cc1. The second-order valence-corrected chi connectivity index (χ2v) is 7.05. The van der Waals surface area contributed by atoms with Crippen LogP contribution in [-0.2, 0) is 13.0 Å². The molecule has 7 nitrogen and oxygen atoms in total. The Labute approximate surface area is 183 Å². The van der Waals surface area contributed by atoms with E-state index in [0.29, 0.717) is 18.7 Å². The zero-order chi connectivity index (χ0) is 21.9. The summed E-state index contributed by atoms with van der Waals surface area (Å²) in [6.07, 6.45) is 4.60. The minimum Gasteiger partial charge on any atom is -0.357 e. The van der Waals surface area contributed by atoms with E-state index in [0.717, 1.165) is 36.7 Å². The molecule has 0 saturated heterocycles. The summed E-state index contributed by atoms with van der Waals surface area (Å²) in [6, 6.07) is 17.9. The van der Waals surface area contributed by atoms with Crippen molar-refractivity contribution in [1.29, 1.82) is 0 Å². The summed E-state index contributed by atoms with van der Waals surface area (Å²) in [5, 5.41) is 13.7. The van der Waals surface area contributed by atoms with Crippen LogP contribution in [0.5, 0.6) is 0 Å². The third-order valence-electron chi connectivity index (χ3n) is 4.73. The molecule has 3 aromatic rings. The van der Waals surface area contributed by atoms with Crippen LogP contribution < -0.4 is 16.0 Å². The van der Waals surface area contributed by atoms with Crippen LogP contribution in [0.2, 0.25) is 0 Å². The van der Waals surface area contributed by atoms with Crippen LogP contribution in [0.4, 0.5) is 0 Å². The molecular formula is C24H30N6O. The van der Waals surface area contributed by atoms with Crippen molar-refractivity contribution >= 4 is 11.9 Å². The molecule has 3 N–H and O–H groups in total. The molecule has 31 heavy (non-hydrogen) atoms. The number of carbonyl (C=O) groups excluding carboxylic acids is 1. The van der Waals surface area contributed by atoms with Gasteiger partial charge >= 0.3 is 0 Å². The van der Waals surface area contributed by atoms with E-state index in [9.17, 15) is 4.79 Å². The number of aromatic nitrogens is 2. The summed E-state index contributed by atoms with van der Waals surface area (Å²) in [5.41, 5.74) is 4.02. The Morgan fingerprint density at radius 1 is 0.935 bits per heavy atom. The van der Waals surface area contributed by atoms with Crippen molar-refractivity contribution in [2.45, 2.75) is 26.8 Å². The van der Waals surface area contributed by atoms with Gasteiger partial charge in [0.1, 0.15) is 0 Å². The van der Waals surface area contributed by atoms with E-state index in [2.05, 4.69) is 50.3 Å². The average Bonchev–Trinajstić information content (AvgIpc) is 3.33. The van der Waals surface area contributed by atoms with Gasteiger partial charge in [0.2, 0.25) is 0 Å². The Kier molecular flexibility index (Phi) is 8.22.